The van der Waals surface area contributed by atoms with Crippen molar-refractivity contribution in [2.24, 2.45) is 0 Å². The molecule has 26 heavy (non-hydrogen) atoms. The molecule has 134 valence electrons. The molecule has 3 aromatic rings. The second kappa shape index (κ2) is 6.53. The number of carbonyl (C=O) groups is 1. The van der Waals surface area contributed by atoms with Crippen LogP contribution < -0.4 is 14.8 Å². The van der Waals surface area contributed by atoms with Gasteiger partial charge in [0.25, 0.3) is 0 Å². The highest BCUT2D eigenvalue weighted by atomic mass is 35.5. The van der Waals surface area contributed by atoms with Crippen LogP contribution in [0.25, 0.3) is 11.0 Å². The Balaban J connectivity index is 1.63. The molecule has 4 rings (SSSR count). The Hall–Kier alpha value is -2.73. The minimum atomic E-state index is -0.146. The molecule has 0 aliphatic carbocycles. The van der Waals surface area contributed by atoms with E-state index in [1.165, 1.54) is 0 Å². The van der Waals surface area contributed by atoms with Gasteiger partial charge in [-0.1, -0.05) is 17.7 Å². The van der Waals surface area contributed by atoms with Crippen LogP contribution in [0.3, 0.4) is 0 Å². The molecular weight excluding hydrogens is 354 g/mol. The fourth-order valence-electron chi connectivity index (χ4n) is 3.04. The Morgan fingerprint density at radius 2 is 1.92 bits per heavy atom. The van der Waals surface area contributed by atoms with E-state index in [9.17, 15) is 4.79 Å². The number of halogens is 1. The molecule has 6 nitrogen and oxygen atoms in total. The molecule has 1 N–H and O–H groups in total. The average molecular weight is 372 g/mol. The number of imidazole rings is 1. The zero-order valence-electron chi connectivity index (χ0n) is 14.5. The second-order valence-corrected chi connectivity index (χ2v) is 6.67. The summed E-state index contributed by atoms with van der Waals surface area (Å²) in [7, 11) is 0. The minimum Gasteiger partial charge on any atom is -0.486 e. The monoisotopic (exact) mass is 371 g/mol. The fourth-order valence-corrected chi connectivity index (χ4v) is 3.22. The maximum atomic E-state index is 12.6. The van der Waals surface area contributed by atoms with Crippen LogP contribution in [0.15, 0.2) is 30.3 Å². The van der Waals surface area contributed by atoms with Crippen molar-refractivity contribution in [3.8, 4) is 11.5 Å². The lowest BCUT2D eigenvalue weighted by Gasteiger charge is -2.18. The van der Waals surface area contributed by atoms with Gasteiger partial charge in [0.1, 0.15) is 25.6 Å². The summed E-state index contributed by atoms with van der Waals surface area (Å²) in [6.07, 6.45) is 0. The first kappa shape index (κ1) is 16.7. The predicted octanol–water partition coefficient (Wildman–Crippen LogP) is 3.72. The van der Waals surface area contributed by atoms with Crippen LogP contribution in [0, 0.1) is 13.8 Å². The third-order valence-corrected chi connectivity index (χ3v) is 4.61. The minimum absolute atomic E-state index is 0.146. The maximum Gasteiger partial charge on any atom is 0.244 e. The number of amides is 1. The first-order valence-electron chi connectivity index (χ1n) is 8.34. The smallest absolute Gasteiger partial charge is 0.244 e. The molecule has 7 heteroatoms. The Morgan fingerprint density at radius 1 is 1.19 bits per heavy atom. The number of nitrogens with zero attached hydrogens (tertiary/aromatic N) is 2. The number of aryl methyl sites for hydroxylation is 2. The third-order valence-electron chi connectivity index (χ3n) is 4.38. The largest absolute Gasteiger partial charge is 0.486 e. The second-order valence-electron chi connectivity index (χ2n) is 6.24. The molecular formula is C19H18ClN3O3. The van der Waals surface area contributed by atoms with Crippen molar-refractivity contribution in [1.82, 2.24) is 9.55 Å². The Kier molecular flexibility index (Phi) is 4.20. The molecule has 2 heterocycles. The summed E-state index contributed by atoms with van der Waals surface area (Å²) in [4.78, 5) is 17.1. The van der Waals surface area contributed by atoms with Gasteiger partial charge in [0.05, 0.1) is 11.0 Å². The van der Waals surface area contributed by atoms with Crippen molar-refractivity contribution in [3.05, 3.63) is 46.7 Å². The first-order valence-corrected chi connectivity index (χ1v) is 8.71. The number of rotatable bonds is 3. The highest BCUT2D eigenvalue weighted by molar-refractivity contribution is 6.31. The van der Waals surface area contributed by atoms with Gasteiger partial charge < -0.3 is 19.4 Å². The van der Waals surface area contributed by atoms with E-state index in [2.05, 4.69) is 10.3 Å². The Labute approximate surface area is 155 Å². The van der Waals surface area contributed by atoms with E-state index in [-0.39, 0.29) is 12.5 Å². The Bertz CT molecular complexity index is 1010. The van der Waals surface area contributed by atoms with Gasteiger partial charge in [0.15, 0.2) is 11.5 Å². The van der Waals surface area contributed by atoms with Crippen molar-refractivity contribution in [2.75, 3.05) is 18.5 Å². The number of carbonyl (C=O) groups excluding carboxylic acids is 1. The number of anilines is 1. The van der Waals surface area contributed by atoms with Crippen molar-refractivity contribution >= 4 is 34.2 Å². The number of aromatic nitrogens is 2. The first-order chi connectivity index (χ1) is 12.5. The lowest BCUT2D eigenvalue weighted by Crippen LogP contribution is -2.20. The summed E-state index contributed by atoms with van der Waals surface area (Å²) in [5.41, 5.74) is 3.27. The van der Waals surface area contributed by atoms with Crippen LogP contribution in [0.2, 0.25) is 5.02 Å². The molecule has 1 aliphatic heterocycles. The summed E-state index contributed by atoms with van der Waals surface area (Å²) in [5, 5.41) is 3.50. The number of hydrogen-bond acceptors (Lipinski definition) is 4. The summed E-state index contributed by atoms with van der Waals surface area (Å²) in [6.45, 7) is 4.99. The summed E-state index contributed by atoms with van der Waals surface area (Å²) in [5.74, 6) is 1.97. The maximum absolute atomic E-state index is 12.6. The van der Waals surface area contributed by atoms with Crippen molar-refractivity contribution < 1.29 is 14.3 Å². The molecule has 0 atom stereocenters. The van der Waals surface area contributed by atoms with E-state index < -0.39 is 0 Å². The van der Waals surface area contributed by atoms with Crippen LogP contribution >= 0.6 is 11.6 Å². The van der Waals surface area contributed by atoms with Crippen molar-refractivity contribution in [1.29, 1.82) is 0 Å². The quantitative estimate of drug-likeness (QED) is 0.762. The molecule has 1 amide bonds. The third kappa shape index (κ3) is 3.08. The molecule has 1 aliphatic rings. The van der Waals surface area contributed by atoms with E-state index >= 15 is 0 Å². The number of hydrogen-bond donors (Lipinski definition) is 1. The van der Waals surface area contributed by atoms with Crippen LogP contribution in [0.4, 0.5) is 5.69 Å². The average Bonchev–Trinajstić information content (AvgIpc) is 2.91. The predicted molar refractivity (Wildman–Crippen MR) is 100 cm³/mol. The molecule has 0 saturated heterocycles. The van der Waals surface area contributed by atoms with E-state index in [0.717, 1.165) is 22.4 Å². The molecule has 0 fully saturated rings. The van der Waals surface area contributed by atoms with Gasteiger partial charge in [-0.3, -0.25) is 4.79 Å². The Morgan fingerprint density at radius 3 is 2.69 bits per heavy atom. The number of fused-ring (bicyclic) bond motifs is 2. The summed E-state index contributed by atoms with van der Waals surface area (Å²) < 4.78 is 13.1. The molecule has 0 radical (unpaired) electrons. The highest BCUT2D eigenvalue weighted by Gasteiger charge is 2.18. The molecule has 0 unspecified atom stereocenters. The zero-order valence-corrected chi connectivity index (χ0v) is 15.3. The van der Waals surface area contributed by atoms with Crippen molar-refractivity contribution in [3.63, 3.8) is 0 Å². The zero-order chi connectivity index (χ0) is 18.3. The van der Waals surface area contributed by atoms with Gasteiger partial charge in [-0.15, -0.1) is 0 Å². The highest BCUT2D eigenvalue weighted by Crippen LogP contribution is 2.34. The topological polar surface area (TPSA) is 65.4 Å². The molecule has 2 aromatic carbocycles. The van der Waals surface area contributed by atoms with Crippen LogP contribution in [-0.4, -0.2) is 28.7 Å². The number of benzene rings is 2. The lowest BCUT2D eigenvalue weighted by atomic mass is 10.2. The fraction of sp³-hybridized carbons (Fsp3) is 0.263. The SMILES string of the molecule is Cc1ccc(Cl)cc1NC(=O)Cn1c(C)nc2cc3c(cc21)OCCO3. The van der Waals surface area contributed by atoms with E-state index in [1.54, 1.807) is 12.1 Å². The normalized spacial score (nSPS) is 13.0. The number of nitrogens with one attached hydrogen (secondary N) is 1. The van der Waals surface area contributed by atoms with Gasteiger partial charge in [-0.25, -0.2) is 4.98 Å². The van der Waals surface area contributed by atoms with Gasteiger partial charge in [0.2, 0.25) is 5.91 Å². The standard InChI is InChI=1S/C19H18ClN3O3/c1-11-3-4-13(20)7-14(11)22-19(24)10-23-12(2)21-15-8-17-18(9-16(15)23)26-6-5-25-17/h3-4,7-9H,5-6,10H2,1-2H3,(H,22,24). The molecule has 0 spiro atoms. The van der Waals surface area contributed by atoms with Crippen molar-refractivity contribution in [2.45, 2.75) is 20.4 Å². The van der Waals surface area contributed by atoms with Gasteiger partial charge in [-0.05, 0) is 31.5 Å². The summed E-state index contributed by atoms with van der Waals surface area (Å²) in [6, 6.07) is 9.15. The van der Waals surface area contributed by atoms with E-state index in [0.29, 0.717) is 35.4 Å². The van der Waals surface area contributed by atoms with Crippen LogP contribution in [0.5, 0.6) is 11.5 Å². The summed E-state index contributed by atoms with van der Waals surface area (Å²) >= 11 is 6.02. The van der Waals surface area contributed by atoms with Gasteiger partial charge in [-0.2, -0.15) is 0 Å². The van der Waals surface area contributed by atoms with E-state index in [4.69, 9.17) is 21.1 Å². The lowest BCUT2D eigenvalue weighted by molar-refractivity contribution is -0.116. The van der Waals surface area contributed by atoms with Crippen LogP contribution in [-0.2, 0) is 11.3 Å². The molecule has 0 bridgehead atoms. The van der Waals surface area contributed by atoms with E-state index in [1.807, 2.05) is 36.6 Å². The number of ether oxygens (including phenoxy) is 2. The van der Waals surface area contributed by atoms with Gasteiger partial charge >= 0.3 is 0 Å². The van der Waals surface area contributed by atoms with Crippen LogP contribution in [0.1, 0.15) is 11.4 Å². The molecule has 1 aromatic heterocycles. The van der Waals surface area contributed by atoms with Gasteiger partial charge in [0, 0.05) is 22.8 Å². The molecule has 0 saturated carbocycles.